The van der Waals surface area contributed by atoms with Gasteiger partial charge in [-0.2, -0.15) is 0 Å². The Labute approximate surface area is 132 Å². The van der Waals surface area contributed by atoms with Gasteiger partial charge in [0.05, 0.1) is 0 Å². The van der Waals surface area contributed by atoms with Crippen LogP contribution >= 0.6 is 0 Å². The highest BCUT2D eigenvalue weighted by Crippen LogP contribution is 2.52. The molecule has 1 aliphatic carbocycles. The van der Waals surface area contributed by atoms with E-state index in [9.17, 15) is 0 Å². The molecule has 1 aromatic carbocycles. The summed E-state index contributed by atoms with van der Waals surface area (Å²) in [7, 11) is 0. The Morgan fingerprint density at radius 3 is 2.95 bits per heavy atom. The van der Waals surface area contributed by atoms with Gasteiger partial charge in [0, 0.05) is 35.5 Å². The minimum absolute atomic E-state index is 0.629. The van der Waals surface area contributed by atoms with Crippen molar-refractivity contribution in [3.05, 3.63) is 35.6 Å². The van der Waals surface area contributed by atoms with Crippen LogP contribution in [-0.2, 0) is 6.42 Å². The normalized spacial score (nSPS) is 39.7. The van der Waals surface area contributed by atoms with Crippen molar-refractivity contribution in [3.63, 3.8) is 0 Å². The lowest BCUT2D eigenvalue weighted by Crippen LogP contribution is -2.58. The van der Waals surface area contributed by atoms with Crippen molar-refractivity contribution in [2.45, 2.75) is 57.5 Å². The summed E-state index contributed by atoms with van der Waals surface area (Å²) in [6.07, 6.45) is 5.26. The number of nitrogens with zero attached hydrogens (tertiary/aromatic N) is 1. The third-order valence-corrected chi connectivity index (χ3v) is 6.63. The number of fused-ring (bicyclic) bond motifs is 4. The number of furan rings is 1. The molecule has 3 aliphatic heterocycles. The molecule has 4 heterocycles. The molecule has 0 spiro atoms. The first kappa shape index (κ1) is 13.2. The maximum atomic E-state index is 6.42. The Bertz CT molecular complexity index is 718. The summed E-state index contributed by atoms with van der Waals surface area (Å²) in [6.45, 7) is 6.13. The lowest BCUT2D eigenvalue weighted by molar-refractivity contribution is -0.0384. The zero-order valence-electron chi connectivity index (χ0n) is 13.6. The molecule has 0 amide bonds. The fourth-order valence-electron chi connectivity index (χ4n) is 5.75. The van der Waals surface area contributed by atoms with Gasteiger partial charge in [-0.25, -0.2) is 0 Å². The van der Waals surface area contributed by atoms with E-state index in [4.69, 9.17) is 4.42 Å². The van der Waals surface area contributed by atoms with Crippen LogP contribution in [0.2, 0.25) is 0 Å². The molecular formula is C20H25NO. The third kappa shape index (κ3) is 1.65. The Balaban J connectivity index is 1.72. The predicted molar refractivity (Wildman–Crippen MR) is 89.1 cm³/mol. The average Bonchev–Trinajstić information content (AvgIpc) is 2.89. The minimum Gasteiger partial charge on any atom is -0.460 e. The summed E-state index contributed by atoms with van der Waals surface area (Å²) in [5.41, 5.74) is 2.61. The van der Waals surface area contributed by atoms with Crippen LogP contribution in [0.5, 0.6) is 0 Å². The first-order chi connectivity index (χ1) is 10.8. The van der Waals surface area contributed by atoms with Gasteiger partial charge in [-0.3, -0.25) is 4.90 Å². The molecule has 4 bridgehead atoms. The van der Waals surface area contributed by atoms with Crippen LogP contribution in [0.25, 0.3) is 11.0 Å². The molecule has 3 fully saturated rings. The van der Waals surface area contributed by atoms with Gasteiger partial charge in [0.25, 0.3) is 0 Å². The van der Waals surface area contributed by atoms with Gasteiger partial charge in [-0.1, -0.05) is 31.5 Å². The summed E-state index contributed by atoms with van der Waals surface area (Å²) >= 11 is 0. The molecule has 2 saturated heterocycles. The van der Waals surface area contributed by atoms with Crippen LogP contribution in [0.15, 0.2) is 28.7 Å². The van der Waals surface area contributed by atoms with Crippen LogP contribution in [0, 0.1) is 11.8 Å². The largest absolute Gasteiger partial charge is 0.460 e. The Kier molecular flexibility index (Phi) is 2.76. The van der Waals surface area contributed by atoms with Gasteiger partial charge in [0.15, 0.2) is 0 Å². The fourth-order valence-corrected chi connectivity index (χ4v) is 5.75. The van der Waals surface area contributed by atoms with E-state index >= 15 is 0 Å². The van der Waals surface area contributed by atoms with Crippen LogP contribution in [0.4, 0.5) is 0 Å². The Morgan fingerprint density at radius 1 is 1.23 bits per heavy atom. The van der Waals surface area contributed by atoms with Crippen molar-refractivity contribution >= 4 is 11.0 Å². The van der Waals surface area contributed by atoms with Crippen molar-refractivity contribution in [2.24, 2.45) is 11.8 Å². The standard InChI is InChI=1S/C20H25NO/c1-3-14-9-13-10-17-19(14)21(11-13)12(2)8-16-15-6-4-5-7-18(15)22-20(16)17/h4-7,12-14,17,19H,3,8-11H2,1-2H3. The van der Waals surface area contributed by atoms with Crippen molar-refractivity contribution in [1.29, 1.82) is 0 Å². The van der Waals surface area contributed by atoms with E-state index in [1.165, 1.54) is 42.5 Å². The SMILES string of the molecule is CCC1CC2CC3c4oc5ccccc5c4CC(C)N(C2)C13. The van der Waals surface area contributed by atoms with E-state index in [0.29, 0.717) is 18.0 Å². The van der Waals surface area contributed by atoms with Gasteiger partial charge in [0.2, 0.25) is 0 Å². The zero-order chi connectivity index (χ0) is 14.8. The first-order valence-electron chi connectivity index (χ1n) is 9.02. The molecule has 6 unspecified atom stereocenters. The molecule has 0 radical (unpaired) electrons. The number of benzene rings is 1. The van der Waals surface area contributed by atoms with E-state index in [2.05, 4.69) is 43.0 Å². The minimum atomic E-state index is 0.629. The molecule has 1 saturated carbocycles. The predicted octanol–water partition coefficient (Wildman–Crippen LogP) is 4.58. The second kappa shape index (κ2) is 4.61. The van der Waals surface area contributed by atoms with Crippen LogP contribution in [-0.4, -0.2) is 23.5 Å². The molecule has 6 atom stereocenters. The zero-order valence-corrected chi connectivity index (χ0v) is 13.6. The summed E-state index contributed by atoms with van der Waals surface area (Å²) in [5, 5.41) is 1.36. The first-order valence-corrected chi connectivity index (χ1v) is 9.02. The number of rotatable bonds is 1. The summed E-state index contributed by atoms with van der Waals surface area (Å²) < 4.78 is 6.42. The van der Waals surface area contributed by atoms with Gasteiger partial charge in [-0.05, 0) is 44.1 Å². The Hall–Kier alpha value is -1.28. The molecule has 6 rings (SSSR count). The molecule has 22 heavy (non-hydrogen) atoms. The number of hydrogen-bond acceptors (Lipinski definition) is 2. The Morgan fingerprint density at radius 2 is 2.09 bits per heavy atom. The van der Waals surface area contributed by atoms with E-state index in [0.717, 1.165) is 23.8 Å². The molecule has 0 N–H and O–H groups in total. The fraction of sp³-hybridized carbons (Fsp3) is 0.600. The van der Waals surface area contributed by atoms with E-state index in [1.54, 1.807) is 0 Å². The highest BCUT2D eigenvalue weighted by molar-refractivity contribution is 5.82. The number of para-hydroxylation sites is 1. The topological polar surface area (TPSA) is 16.4 Å². The summed E-state index contributed by atoms with van der Waals surface area (Å²) in [4.78, 5) is 2.83. The molecule has 116 valence electrons. The quantitative estimate of drug-likeness (QED) is 0.765. The molecule has 2 heteroatoms. The van der Waals surface area contributed by atoms with Crippen molar-refractivity contribution in [2.75, 3.05) is 6.54 Å². The maximum Gasteiger partial charge on any atom is 0.134 e. The van der Waals surface area contributed by atoms with Gasteiger partial charge in [-0.15, -0.1) is 0 Å². The smallest absolute Gasteiger partial charge is 0.134 e. The third-order valence-electron chi connectivity index (χ3n) is 6.63. The lowest BCUT2D eigenvalue weighted by Gasteiger charge is -2.54. The highest BCUT2D eigenvalue weighted by Gasteiger charge is 2.51. The van der Waals surface area contributed by atoms with Crippen LogP contribution in [0.1, 0.15) is 50.4 Å². The van der Waals surface area contributed by atoms with Crippen LogP contribution in [0.3, 0.4) is 0 Å². The highest BCUT2D eigenvalue weighted by atomic mass is 16.3. The maximum absolute atomic E-state index is 6.42. The van der Waals surface area contributed by atoms with E-state index < -0.39 is 0 Å². The van der Waals surface area contributed by atoms with Crippen LogP contribution < -0.4 is 0 Å². The molecule has 2 aromatic rings. The lowest BCUT2D eigenvalue weighted by atomic mass is 9.65. The number of hydrogen-bond donors (Lipinski definition) is 0. The summed E-state index contributed by atoms with van der Waals surface area (Å²) in [6, 6.07) is 10.0. The second-order valence-corrected chi connectivity index (χ2v) is 7.79. The van der Waals surface area contributed by atoms with Crippen molar-refractivity contribution < 1.29 is 4.42 Å². The summed E-state index contributed by atoms with van der Waals surface area (Å²) in [5.74, 6) is 3.70. The number of piperidine rings is 2. The van der Waals surface area contributed by atoms with Gasteiger partial charge < -0.3 is 4.42 Å². The van der Waals surface area contributed by atoms with Crippen molar-refractivity contribution in [3.8, 4) is 0 Å². The van der Waals surface area contributed by atoms with E-state index in [-0.39, 0.29) is 0 Å². The monoisotopic (exact) mass is 295 g/mol. The second-order valence-electron chi connectivity index (χ2n) is 7.79. The average molecular weight is 295 g/mol. The molecule has 4 aliphatic rings. The molecule has 1 aromatic heterocycles. The molecule has 2 nitrogen and oxygen atoms in total. The van der Waals surface area contributed by atoms with E-state index in [1.807, 2.05) is 0 Å². The van der Waals surface area contributed by atoms with Gasteiger partial charge in [0.1, 0.15) is 11.3 Å². The van der Waals surface area contributed by atoms with Gasteiger partial charge >= 0.3 is 0 Å². The van der Waals surface area contributed by atoms with Crippen molar-refractivity contribution in [1.82, 2.24) is 4.90 Å². The molecular weight excluding hydrogens is 270 g/mol.